The Hall–Kier alpha value is -2.40. The van der Waals surface area contributed by atoms with Crippen molar-refractivity contribution in [2.75, 3.05) is 0 Å². The molecule has 29 heavy (non-hydrogen) atoms. The molecule has 1 saturated carbocycles. The van der Waals surface area contributed by atoms with Gasteiger partial charge in [-0.05, 0) is 55.2 Å². The maximum atomic E-state index is 13.0. The molecule has 0 amide bonds. The molecule has 0 aliphatic heterocycles. The van der Waals surface area contributed by atoms with Crippen LogP contribution in [-0.4, -0.2) is 17.5 Å². The predicted octanol–water partition coefficient (Wildman–Crippen LogP) is 6.30. The summed E-state index contributed by atoms with van der Waals surface area (Å²) in [5.41, 5.74) is 0.895. The largest absolute Gasteiger partial charge is 0.331 e. The molecule has 3 rings (SSSR count). The number of hydrogen-bond donors (Lipinski definition) is 0. The molecule has 2 aromatic rings. The van der Waals surface area contributed by atoms with Gasteiger partial charge in [0.25, 0.3) is 0 Å². The van der Waals surface area contributed by atoms with Gasteiger partial charge in [0, 0.05) is 22.3 Å². The number of carbonyl (C=O) groups excluding carboxylic acids is 2. The van der Waals surface area contributed by atoms with Crippen molar-refractivity contribution in [3.05, 3.63) is 60.2 Å². The minimum absolute atomic E-state index is 0.168. The van der Waals surface area contributed by atoms with Gasteiger partial charge in [0.1, 0.15) is 5.71 Å². The Kier molecular flexibility index (Phi) is 8.05. The fourth-order valence-electron chi connectivity index (χ4n) is 3.60. The van der Waals surface area contributed by atoms with Crippen LogP contribution >= 0.6 is 11.8 Å². The second-order valence-electron chi connectivity index (χ2n) is 7.43. The first-order valence-corrected chi connectivity index (χ1v) is 11.1. The van der Waals surface area contributed by atoms with E-state index in [0.717, 1.165) is 16.2 Å². The van der Waals surface area contributed by atoms with Gasteiger partial charge in [0.05, 0.1) is 0 Å². The van der Waals surface area contributed by atoms with Crippen molar-refractivity contribution in [3.63, 3.8) is 0 Å². The van der Waals surface area contributed by atoms with Crippen LogP contribution in [-0.2, 0) is 9.63 Å². The lowest BCUT2D eigenvalue weighted by atomic mass is 9.85. The van der Waals surface area contributed by atoms with E-state index < -0.39 is 5.97 Å². The Morgan fingerprint density at radius 3 is 2.28 bits per heavy atom. The van der Waals surface area contributed by atoms with E-state index in [1.807, 2.05) is 42.5 Å². The molecule has 0 N–H and O–H groups in total. The van der Waals surface area contributed by atoms with Crippen molar-refractivity contribution < 1.29 is 14.4 Å². The van der Waals surface area contributed by atoms with E-state index >= 15 is 0 Å². The van der Waals surface area contributed by atoms with Crippen LogP contribution in [0.2, 0.25) is 0 Å². The SMILES string of the molecule is CC(=O)O/N=C(\CCC1CCCCC1)C(=O)c1ccc(Sc2ccccc2)cc1. The lowest BCUT2D eigenvalue weighted by molar-refractivity contribution is -0.140. The van der Waals surface area contributed by atoms with Gasteiger partial charge in [-0.2, -0.15) is 0 Å². The van der Waals surface area contributed by atoms with Crippen LogP contribution in [0.15, 0.2) is 69.5 Å². The van der Waals surface area contributed by atoms with Crippen molar-refractivity contribution >= 4 is 29.2 Å². The first-order valence-electron chi connectivity index (χ1n) is 10.2. The Bertz CT molecular complexity index is 840. The third-order valence-corrected chi connectivity index (χ3v) is 6.17. The number of nitrogens with zero attached hydrogens (tertiary/aromatic N) is 1. The van der Waals surface area contributed by atoms with Crippen molar-refractivity contribution in [1.82, 2.24) is 0 Å². The van der Waals surface area contributed by atoms with Crippen LogP contribution in [0.5, 0.6) is 0 Å². The molecule has 5 heteroatoms. The number of oxime groups is 1. The third kappa shape index (κ3) is 6.86. The van der Waals surface area contributed by atoms with Crippen molar-refractivity contribution in [2.24, 2.45) is 11.1 Å². The van der Waals surface area contributed by atoms with E-state index in [4.69, 9.17) is 4.84 Å². The van der Waals surface area contributed by atoms with Crippen LogP contribution in [0.4, 0.5) is 0 Å². The van der Waals surface area contributed by atoms with E-state index in [1.165, 1.54) is 39.0 Å². The van der Waals surface area contributed by atoms with Gasteiger partial charge < -0.3 is 4.84 Å². The Balaban J connectivity index is 1.67. The molecule has 0 unspecified atom stereocenters. The zero-order valence-electron chi connectivity index (χ0n) is 16.8. The average molecular weight is 410 g/mol. The summed E-state index contributed by atoms with van der Waals surface area (Å²) in [6.45, 7) is 1.29. The Morgan fingerprint density at radius 1 is 0.966 bits per heavy atom. The van der Waals surface area contributed by atoms with Gasteiger partial charge in [-0.25, -0.2) is 4.79 Å². The molecule has 0 saturated heterocycles. The third-order valence-electron chi connectivity index (χ3n) is 5.16. The first-order chi connectivity index (χ1) is 14.1. The highest BCUT2D eigenvalue weighted by Gasteiger charge is 2.20. The second kappa shape index (κ2) is 11.0. The van der Waals surface area contributed by atoms with Crippen molar-refractivity contribution in [1.29, 1.82) is 0 Å². The smallest absolute Gasteiger partial charge is 0.318 e. The van der Waals surface area contributed by atoms with Gasteiger partial charge >= 0.3 is 5.97 Å². The molecule has 0 heterocycles. The molecule has 1 aliphatic carbocycles. The van der Waals surface area contributed by atoms with E-state index in [0.29, 0.717) is 23.6 Å². The molecule has 4 nitrogen and oxygen atoms in total. The molecule has 0 radical (unpaired) electrons. The molecule has 0 bridgehead atoms. The molecule has 0 spiro atoms. The summed E-state index contributed by atoms with van der Waals surface area (Å²) in [5.74, 6) is -0.0513. The molecular formula is C24H27NO3S. The minimum atomic E-state index is -0.512. The lowest BCUT2D eigenvalue weighted by Gasteiger charge is -2.21. The van der Waals surface area contributed by atoms with Crippen LogP contribution in [0, 0.1) is 5.92 Å². The maximum Gasteiger partial charge on any atom is 0.331 e. The molecule has 0 atom stereocenters. The number of carbonyl (C=O) groups is 2. The number of ketones is 1. The molecule has 152 valence electrons. The van der Waals surface area contributed by atoms with E-state index in [2.05, 4.69) is 17.3 Å². The Labute approximate surface area is 176 Å². The van der Waals surface area contributed by atoms with Crippen LogP contribution in [0.3, 0.4) is 0 Å². The topological polar surface area (TPSA) is 55.7 Å². The zero-order chi connectivity index (χ0) is 20.5. The highest BCUT2D eigenvalue weighted by atomic mass is 32.2. The van der Waals surface area contributed by atoms with E-state index in [9.17, 15) is 9.59 Å². The van der Waals surface area contributed by atoms with E-state index in [1.54, 1.807) is 11.8 Å². The van der Waals surface area contributed by atoms with E-state index in [-0.39, 0.29) is 5.78 Å². The summed E-state index contributed by atoms with van der Waals surface area (Å²) in [4.78, 5) is 31.2. The number of benzene rings is 2. The quantitative estimate of drug-likeness (QED) is 0.222. The predicted molar refractivity (Wildman–Crippen MR) is 116 cm³/mol. The molecular weight excluding hydrogens is 382 g/mol. The normalized spacial score (nSPS) is 15.1. The van der Waals surface area contributed by atoms with Crippen LogP contribution in [0.25, 0.3) is 0 Å². The van der Waals surface area contributed by atoms with Gasteiger partial charge in [-0.1, -0.05) is 67.2 Å². The molecule has 0 aromatic heterocycles. The van der Waals surface area contributed by atoms with Gasteiger partial charge in [-0.3, -0.25) is 4.79 Å². The zero-order valence-corrected chi connectivity index (χ0v) is 17.6. The molecule has 1 fully saturated rings. The highest BCUT2D eigenvalue weighted by molar-refractivity contribution is 7.99. The summed E-state index contributed by atoms with van der Waals surface area (Å²) < 4.78 is 0. The summed E-state index contributed by atoms with van der Waals surface area (Å²) in [6, 6.07) is 17.6. The summed E-state index contributed by atoms with van der Waals surface area (Å²) >= 11 is 1.65. The maximum absolute atomic E-state index is 13.0. The number of rotatable bonds is 8. The van der Waals surface area contributed by atoms with Crippen LogP contribution < -0.4 is 0 Å². The standard InChI is InChI=1S/C24H27NO3S/c1-18(26)28-25-23(17-12-19-8-4-2-5-9-19)24(27)20-13-15-22(16-14-20)29-21-10-6-3-7-11-21/h3,6-7,10-11,13-16,19H,2,4-5,8-9,12,17H2,1H3/b25-23+. The van der Waals surface area contributed by atoms with Gasteiger partial charge in [0.15, 0.2) is 0 Å². The second-order valence-corrected chi connectivity index (χ2v) is 8.58. The van der Waals surface area contributed by atoms with Crippen LogP contribution in [0.1, 0.15) is 62.2 Å². The fourth-order valence-corrected chi connectivity index (χ4v) is 4.44. The van der Waals surface area contributed by atoms with Gasteiger partial charge in [0.2, 0.25) is 5.78 Å². The molecule has 1 aliphatic rings. The summed E-state index contributed by atoms with van der Waals surface area (Å²) in [7, 11) is 0. The average Bonchev–Trinajstić information content (AvgIpc) is 2.75. The fraction of sp³-hybridized carbons (Fsp3) is 0.375. The number of hydrogen-bond acceptors (Lipinski definition) is 5. The Morgan fingerprint density at radius 2 is 1.62 bits per heavy atom. The highest BCUT2D eigenvalue weighted by Crippen LogP contribution is 2.29. The minimum Gasteiger partial charge on any atom is -0.318 e. The van der Waals surface area contributed by atoms with Gasteiger partial charge in [-0.15, -0.1) is 0 Å². The number of Topliss-reactive ketones (excluding diaryl/α,β-unsaturated/α-hetero) is 1. The monoisotopic (exact) mass is 409 g/mol. The van der Waals surface area contributed by atoms with Crippen molar-refractivity contribution in [2.45, 2.75) is 61.7 Å². The summed E-state index contributed by atoms with van der Waals surface area (Å²) in [5, 5.41) is 3.89. The molecule has 2 aromatic carbocycles. The first kappa shape index (κ1) is 21.3. The lowest BCUT2D eigenvalue weighted by Crippen LogP contribution is -2.18. The van der Waals surface area contributed by atoms with Crippen molar-refractivity contribution in [3.8, 4) is 0 Å². The summed E-state index contributed by atoms with van der Waals surface area (Å²) in [6.07, 6.45) is 7.69.